The Morgan fingerprint density at radius 3 is 1.02 bits per heavy atom. The molecule has 2 N–H and O–H groups in total. The number of amides is 2. The number of nitrogens with zero attached hydrogens (tertiary/aromatic N) is 10. The Morgan fingerprint density at radius 1 is 0.548 bits per heavy atom. The zero-order chi connectivity index (χ0) is 30.0. The van der Waals surface area contributed by atoms with E-state index in [1.807, 2.05) is 24.3 Å². The second kappa shape index (κ2) is 10.7. The van der Waals surface area contributed by atoms with Crippen molar-refractivity contribution in [3.05, 3.63) is 71.3 Å². The molecule has 0 saturated carbocycles. The largest absolute Gasteiger partial charge is 0.326 e. The highest BCUT2D eigenvalue weighted by Gasteiger charge is 2.38. The van der Waals surface area contributed by atoms with Crippen LogP contribution in [0.1, 0.15) is 36.6 Å². The summed E-state index contributed by atoms with van der Waals surface area (Å²) in [6.45, 7) is 2.75. The van der Waals surface area contributed by atoms with E-state index in [4.69, 9.17) is 0 Å². The van der Waals surface area contributed by atoms with E-state index in [2.05, 4.69) is 30.6 Å². The van der Waals surface area contributed by atoms with Crippen molar-refractivity contribution in [2.45, 2.75) is 13.8 Å². The molecule has 0 radical (unpaired) electrons. The molecule has 5 rings (SSSR count). The van der Waals surface area contributed by atoms with Crippen molar-refractivity contribution in [2.24, 2.45) is 0 Å². The van der Waals surface area contributed by atoms with Crippen molar-refractivity contribution in [1.82, 2.24) is 19.9 Å². The monoisotopic (exact) mass is 552 g/mol. The zero-order valence-corrected chi connectivity index (χ0v) is 21.9. The molecule has 2 aromatic heterocycles. The first-order chi connectivity index (χ1) is 20.3. The van der Waals surface area contributed by atoms with Crippen molar-refractivity contribution in [2.75, 3.05) is 20.4 Å². The summed E-state index contributed by atoms with van der Waals surface area (Å²) in [4.78, 5) is 43.9. The first-order valence-corrected chi connectivity index (χ1v) is 12.1. The minimum Gasteiger partial charge on any atom is -0.326 e. The minimum atomic E-state index is -0.265. The van der Waals surface area contributed by atoms with E-state index in [9.17, 15) is 30.6 Å². The molecule has 2 aromatic carbocycles. The molecule has 0 atom stereocenters. The number of hydrogen-bond donors (Lipinski definition) is 2. The van der Waals surface area contributed by atoms with Gasteiger partial charge in [0.25, 0.3) is 0 Å². The van der Waals surface area contributed by atoms with Crippen LogP contribution >= 0.6 is 0 Å². The van der Waals surface area contributed by atoms with Gasteiger partial charge in [-0.1, -0.05) is 0 Å². The molecule has 3 heterocycles. The molecule has 1 aliphatic rings. The molecular weight excluding hydrogens is 536 g/mol. The lowest BCUT2D eigenvalue weighted by Gasteiger charge is -2.36. The number of aromatic nitrogens is 4. The van der Waals surface area contributed by atoms with Crippen LogP contribution in [0.2, 0.25) is 0 Å². The number of carbonyl (C=O) groups excluding carboxylic acids is 2. The Morgan fingerprint density at radius 2 is 0.810 bits per heavy atom. The third-order valence-electron chi connectivity index (χ3n) is 5.88. The van der Waals surface area contributed by atoms with Crippen LogP contribution in [0.4, 0.5) is 46.0 Å². The molecule has 2 amide bonds. The lowest BCUT2D eigenvalue weighted by Crippen LogP contribution is -2.29. The number of fused-ring (bicyclic) bond motifs is 2. The van der Waals surface area contributed by atoms with Gasteiger partial charge in [0.15, 0.2) is 46.0 Å². The summed E-state index contributed by atoms with van der Waals surface area (Å²) >= 11 is 0. The summed E-state index contributed by atoms with van der Waals surface area (Å²) in [6, 6.07) is 20.7. The summed E-state index contributed by atoms with van der Waals surface area (Å²) in [6.07, 6.45) is 0. The van der Waals surface area contributed by atoms with Crippen molar-refractivity contribution in [3.8, 4) is 24.3 Å². The molecule has 0 bridgehead atoms. The quantitative estimate of drug-likeness (QED) is 0.325. The summed E-state index contributed by atoms with van der Waals surface area (Å²) in [5.41, 5.74) is 0.917. The van der Waals surface area contributed by atoms with E-state index in [0.29, 0.717) is 22.7 Å². The fourth-order valence-electron chi connectivity index (χ4n) is 4.23. The van der Waals surface area contributed by atoms with E-state index in [1.54, 1.807) is 48.5 Å². The number of carbonyl (C=O) groups is 2. The third-order valence-corrected chi connectivity index (χ3v) is 5.88. The highest BCUT2D eigenvalue weighted by molar-refractivity contribution is 5.97. The average Bonchev–Trinajstić information content (AvgIpc) is 2.99. The van der Waals surface area contributed by atoms with Crippen LogP contribution in [-0.2, 0) is 9.59 Å². The molecule has 0 unspecified atom stereocenters. The van der Waals surface area contributed by atoms with Crippen molar-refractivity contribution in [3.63, 3.8) is 0 Å². The number of benzene rings is 2. The molecule has 200 valence electrons. The fourth-order valence-corrected chi connectivity index (χ4v) is 4.23. The van der Waals surface area contributed by atoms with Gasteiger partial charge in [-0.15, -0.1) is 0 Å². The molecule has 0 saturated heterocycles. The van der Waals surface area contributed by atoms with Gasteiger partial charge in [-0.2, -0.15) is 21.0 Å². The van der Waals surface area contributed by atoms with Crippen LogP contribution in [0, 0.1) is 45.3 Å². The van der Waals surface area contributed by atoms with Gasteiger partial charge in [0.1, 0.15) is 24.3 Å². The van der Waals surface area contributed by atoms with Crippen LogP contribution in [0.5, 0.6) is 0 Å². The normalized spacial score (nSPS) is 11.1. The second-order valence-corrected chi connectivity index (χ2v) is 8.71. The molecule has 14 nitrogen and oxygen atoms in total. The van der Waals surface area contributed by atoms with E-state index in [1.165, 1.54) is 23.6 Å². The van der Waals surface area contributed by atoms with Crippen molar-refractivity contribution in [1.29, 1.82) is 21.0 Å². The maximum Gasteiger partial charge on any atom is 0.221 e. The maximum absolute atomic E-state index is 11.5. The van der Waals surface area contributed by atoms with E-state index < -0.39 is 0 Å². The average molecular weight is 553 g/mol. The standard InChI is InChI=1S/C28H16N12O2/c1-15(41)33-17-3-7-19(8-4-17)39-25-27(37-23(13-31)21(11-29)35-25)40(20-9-5-18(6-10-20)34-16(2)42)28-26(39)36-22(12-30)24(14-32)38-28/h3-10H,1-2H3,(H,33,41)(H,34,42). The van der Waals surface area contributed by atoms with Gasteiger partial charge >= 0.3 is 0 Å². The van der Waals surface area contributed by atoms with Gasteiger partial charge in [0.2, 0.25) is 11.8 Å². The lowest BCUT2D eigenvalue weighted by atomic mass is 10.1. The molecule has 0 fully saturated rings. The molecule has 14 heteroatoms. The Balaban J connectivity index is 1.82. The van der Waals surface area contributed by atoms with E-state index in [-0.39, 0.29) is 57.9 Å². The smallest absolute Gasteiger partial charge is 0.221 e. The Bertz CT molecular complexity index is 1720. The minimum absolute atomic E-state index is 0.0826. The van der Waals surface area contributed by atoms with Gasteiger partial charge in [0.05, 0.1) is 0 Å². The van der Waals surface area contributed by atoms with Crippen molar-refractivity contribution < 1.29 is 9.59 Å². The summed E-state index contributed by atoms with van der Waals surface area (Å²) < 4.78 is 0. The third kappa shape index (κ3) is 4.71. The van der Waals surface area contributed by atoms with E-state index >= 15 is 0 Å². The molecule has 0 spiro atoms. The topological polar surface area (TPSA) is 211 Å². The van der Waals surface area contributed by atoms with Crippen LogP contribution in [0.25, 0.3) is 0 Å². The predicted molar refractivity (Wildman–Crippen MR) is 148 cm³/mol. The molecular formula is C28H16N12O2. The highest BCUT2D eigenvalue weighted by atomic mass is 16.2. The Labute approximate surface area is 238 Å². The lowest BCUT2D eigenvalue weighted by molar-refractivity contribution is -0.115. The Hall–Kier alpha value is -6.90. The SMILES string of the molecule is CC(=O)Nc1ccc(N2c3nc(C#N)c(C#N)nc3N(c3ccc(NC(C)=O)cc3)c3nc(C#N)c(C#N)nc32)cc1. The van der Waals surface area contributed by atoms with Crippen LogP contribution < -0.4 is 20.4 Å². The Kier molecular flexibility index (Phi) is 6.80. The number of nitriles is 4. The van der Waals surface area contributed by atoms with Gasteiger partial charge < -0.3 is 10.6 Å². The molecule has 4 aromatic rings. The first-order valence-electron chi connectivity index (χ1n) is 12.1. The number of nitrogens with one attached hydrogen (secondary N) is 2. The van der Waals surface area contributed by atoms with Gasteiger partial charge in [-0.25, -0.2) is 19.9 Å². The molecule has 1 aliphatic heterocycles. The van der Waals surface area contributed by atoms with Gasteiger partial charge in [-0.3, -0.25) is 19.4 Å². The van der Waals surface area contributed by atoms with Crippen molar-refractivity contribution >= 4 is 57.8 Å². The van der Waals surface area contributed by atoms with Crippen LogP contribution in [-0.4, -0.2) is 31.8 Å². The summed E-state index contributed by atoms with van der Waals surface area (Å²) in [5.74, 6) is -0.200. The van der Waals surface area contributed by atoms with Gasteiger partial charge in [-0.05, 0) is 48.5 Å². The summed E-state index contributed by atoms with van der Waals surface area (Å²) in [5, 5.41) is 44.3. The van der Waals surface area contributed by atoms with Gasteiger partial charge in [0, 0.05) is 36.6 Å². The second-order valence-electron chi connectivity index (χ2n) is 8.71. The zero-order valence-electron chi connectivity index (χ0n) is 21.9. The number of hydrogen-bond acceptors (Lipinski definition) is 12. The molecule has 42 heavy (non-hydrogen) atoms. The fraction of sp³-hybridized carbons (Fsp3) is 0.0714. The number of anilines is 8. The number of rotatable bonds is 4. The molecule has 0 aliphatic carbocycles. The maximum atomic E-state index is 11.5. The van der Waals surface area contributed by atoms with Crippen LogP contribution in [0.15, 0.2) is 48.5 Å². The summed E-state index contributed by atoms with van der Waals surface area (Å²) in [7, 11) is 0. The van der Waals surface area contributed by atoms with E-state index in [0.717, 1.165) is 0 Å². The first kappa shape index (κ1) is 26.7. The van der Waals surface area contributed by atoms with Crippen LogP contribution in [0.3, 0.4) is 0 Å². The predicted octanol–water partition coefficient (Wildman–Crippen LogP) is 3.92. The highest BCUT2D eigenvalue weighted by Crippen LogP contribution is 2.51.